The van der Waals surface area contributed by atoms with Crippen molar-refractivity contribution < 1.29 is 9.53 Å². The van der Waals surface area contributed by atoms with Crippen LogP contribution in [0.1, 0.15) is 110 Å². The van der Waals surface area contributed by atoms with Gasteiger partial charge in [-0.25, -0.2) is 0 Å². The van der Waals surface area contributed by atoms with E-state index in [1.54, 1.807) is 0 Å². The molecular weight excluding hydrogens is 298 g/mol. The van der Waals surface area contributed by atoms with Gasteiger partial charge in [0.15, 0.2) is 5.60 Å². The minimum absolute atomic E-state index is 0.0567. The van der Waals surface area contributed by atoms with Gasteiger partial charge in [-0.15, -0.1) is 0 Å². The third-order valence-electron chi connectivity index (χ3n) is 5.62. The zero-order valence-electron chi connectivity index (χ0n) is 15.8. The number of carbonyl (C=O) groups is 1. The van der Waals surface area contributed by atoms with Crippen LogP contribution >= 0.6 is 0 Å². The summed E-state index contributed by atoms with van der Waals surface area (Å²) in [6, 6.07) is 0. The Morgan fingerprint density at radius 2 is 1.46 bits per heavy atom. The number of hydrogen-bond acceptors (Lipinski definition) is 3. The van der Waals surface area contributed by atoms with Crippen molar-refractivity contribution >= 4 is 11.7 Å². The second-order valence-corrected chi connectivity index (χ2v) is 7.72. The van der Waals surface area contributed by atoms with Gasteiger partial charge in [0, 0.05) is 6.54 Å². The first-order valence-electron chi connectivity index (χ1n) is 10.5. The molecule has 1 saturated heterocycles. The quantitative estimate of drug-likeness (QED) is 0.343. The van der Waals surface area contributed by atoms with Crippen LogP contribution in [0.2, 0.25) is 0 Å². The van der Waals surface area contributed by atoms with Crippen LogP contribution in [0, 0.1) is 0 Å². The molecule has 1 aliphatic carbocycles. The highest BCUT2D eigenvalue weighted by Crippen LogP contribution is 2.38. The first kappa shape index (κ1) is 19.5. The predicted octanol–water partition coefficient (Wildman–Crippen LogP) is 6.00. The molecular formula is C21H37NO2. The third kappa shape index (κ3) is 6.22. The minimum Gasteiger partial charge on any atom is -0.453 e. The largest absolute Gasteiger partial charge is 0.453 e. The summed E-state index contributed by atoms with van der Waals surface area (Å²) in [5.41, 5.74) is 0.761. The van der Waals surface area contributed by atoms with Crippen molar-refractivity contribution in [1.82, 2.24) is 0 Å². The van der Waals surface area contributed by atoms with Crippen LogP contribution in [-0.2, 0) is 9.53 Å². The molecule has 0 aromatic rings. The Bertz CT molecular complexity index is 397. The average Bonchev–Trinajstić information content (AvgIpc) is 2.88. The van der Waals surface area contributed by atoms with Crippen LogP contribution in [0.25, 0.3) is 0 Å². The van der Waals surface area contributed by atoms with Crippen LogP contribution < -0.4 is 0 Å². The SMILES string of the molecule is CCCCCCCCCCCCN=C1CC(=O)OC12CCCCC2. The summed E-state index contributed by atoms with van der Waals surface area (Å²) in [5, 5.41) is 0. The molecule has 1 aliphatic heterocycles. The Kier molecular flexibility index (Phi) is 8.83. The molecule has 138 valence electrons. The Morgan fingerprint density at radius 1 is 0.875 bits per heavy atom. The first-order chi connectivity index (χ1) is 11.8. The van der Waals surface area contributed by atoms with Crippen LogP contribution in [0.4, 0.5) is 0 Å². The number of aliphatic imine (C=N–C) groups is 1. The molecule has 1 spiro atoms. The lowest BCUT2D eigenvalue weighted by Gasteiger charge is -2.32. The molecule has 1 heterocycles. The van der Waals surface area contributed by atoms with Crippen molar-refractivity contribution in [3.8, 4) is 0 Å². The van der Waals surface area contributed by atoms with Crippen LogP contribution in [0.3, 0.4) is 0 Å². The molecule has 0 amide bonds. The molecule has 2 aliphatic rings. The maximum Gasteiger partial charge on any atom is 0.312 e. The van der Waals surface area contributed by atoms with E-state index in [9.17, 15) is 4.79 Å². The molecule has 3 heteroatoms. The Labute approximate surface area is 148 Å². The molecule has 0 unspecified atom stereocenters. The van der Waals surface area contributed by atoms with Gasteiger partial charge in [0.05, 0.1) is 12.1 Å². The highest BCUT2D eigenvalue weighted by Gasteiger charge is 2.46. The van der Waals surface area contributed by atoms with E-state index in [2.05, 4.69) is 6.92 Å². The maximum atomic E-state index is 11.7. The van der Waals surface area contributed by atoms with Gasteiger partial charge in [-0.2, -0.15) is 0 Å². The normalized spacial score (nSPS) is 21.5. The second kappa shape index (κ2) is 10.9. The number of ether oxygens (including phenoxy) is 1. The van der Waals surface area contributed by atoms with Crippen molar-refractivity contribution in [2.24, 2.45) is 4.99 Å². The van der Waals surface area contributed by atoms with Gasteiger partial charge in [0.1, 0.15) is 0 Å². The van der Waals surface area contributed by atoms with Gasteiger partial charge in [-0.1, -0.05) is 71.1 Å². The molecule has 0 aromatic carbocycles. The zero-order chi connectivity index (χ0) is 17.1. The molecule has 0 aromatic heterocycles. The summed E-state index contributed by atoms with van der Waals surface area (Å²) in [7, 11) is 0. The third-order valence-corrected chi connectivity index (χ3v) is 5.62. The highest BCUT2D eigenvalue weighted by molar-refractivity contribution is 6.09. The van der Waals surface area contributed by atoms with Gasteiger partial charge in [-0.3, -0.25) is 9.79 Å². The van der Waals surface area contributed by atoms with Crippen molar-refractivity contribution in [3.63, 3.8) is 0 Å². The summed E-state index contributed by atoms with van der Waals surface area (Å²) in [5.74, 6) is -0.0567. The fourth-order valence-corrected chi connectivity index (χ4v) is 4.14. The first-order valence-corrected chi connectivity index (χ1v) is 10.5. The Hall–Kier alpha value is -0.860. The van der Waals surface area contributed by atoms with E-state index in [1.165, 1.54) is 77.0 Å². The summed E-state index contributed by atoms with van der Waals surface area (Å²) in [4.78, 5) is 16.5. The number of hydrogen-bond donors (Lipinski definition) is 0. The molecule has 24 heavy (non-hydrogen) atoms. The molecule has 0 atom stereocenters. The monoisotopic (exact) mass is 335 g/mol. The summed E-state index contributed by atoms with van der Waals surface area (Å²) >= 11 is 0. The van der Waals surface area contributed by atoms with Gasteiger partial charge in [0.2, 0.25) is 0 Å². The van der Waals surface area contributed by atoms with Gasteiger partial charge < -0.3 is 4.74 Å². The lowest BCUT2D eigenvalue weighted by atomic mass is 9.81. The second-order valence-electron chi connectivity index (χ2n) is 7.72. The number of rotatable bonds is 11. The van der Waals surface area contributed by atoms with Crippen LogP contribution in [-0.4, -0.2) is 23.8 Å². The molecule has 0 bridgehead atoms. The van der Waals surface area contributed by atoms with E-state index in [-0.39, 0.29) is 11.6 Å². The van der Waals surface area contributed by atoms with Gasteiger partial charge >= 0.3 is 5.97 Å². The van der Waals surface area contributed by atoms with Crippen molar-refractivity contribution in [2.75, 3.05) is 6.54 Å². The number of unbranched alkanes of at least 4 members (excludes halogenated alkanes) is 9. The average molecular weight is 336 g/mol. The Balaban J connectivity index is 1.56. The molecule has 1 saturated carbocycles. The van der Waals surface area contributed by atoms with Crippen molar-refractivity contribution in [3.05, 3.63) is 0 Å². The van der Waals surface area contributed by atoms with E-state index in [0.717, 1.165) is 31.5 Å². The summed E-state index contributed by atoms with van der Waals surface area (Å²) in [6.07, 6.45) is 19.5. The zero-order valence-corrected chi connectivity index (χ0v) is 15.8. The van der Waals surface area contributed by atoms with Gasteiger partial charge in [-0.05, 0) is 32.1 Å². The van der Waals surface area contributed by atoms with E-state index in [4.69, 9.17) is 9.73 Å². The van der Waals surface area contributed by atoms with Crippen molar-refractivity contribution in [1.29, 1.82) is 0 Å². The lowest BCUT2D eigenvalue weighted by Crippen LogP contribution is -2.38. The van der Waals surface area contributed by atoms with Gasteiger partial charge in [0.25, 0.3) is 0 Å². The highest BCUT2D eigenvalue weighted by atomic mass is 16.6. The standard InChI is InChI=1S/C21H37NO2/c1-2-3-4-5-6-7-8-9-10-14-17-22-19-18-20(23)24-21(19)15-12-11-13-16-21/h2-18H2,1H3. The molecule has 3 nitrogen and oxygen atoms in total. The summed E-state index contributed by atoms with van der Waals surface area (Å²) < 4.78 is 5.68. The van der Waals surface area contributed by atoms with E-state index < -0.39 is 0 Å². The maximum absolute atomic E-state index is 11.7. The molecule has 2 rings (SSSR count). The van der Waals surface area contributed by atoms with E-state index >= 15 is 0 Å². The van der Waals surface area contributed by atoms with E-state index in [1.807, 2.05) is 0 Å². The molecule has 2 fully saturated rings. The van der Waals surface area contributed by atoms with Crippen LogP contribution in [0.5, 0.6) is 0 Å². The molecule has 0 radical (unpaired) electrons. The van der Waals surface area contributed by atoms with Crippen LogP contribution in [0.15, 0.2) is 4.99 Å². The van der Waals surface area contributed by atoms with E-state index in [0.29, 0.717) is 6.42 Å². The number of esters is 1. The number of nitrogens with zero attached hydrogens (tertiary/aromatic N) is 1. The fourth-order valence-electron chi connectivity index (χ4n) is 4.14. The smallest absolute Gasteiger partial charge is 0.312 e. The molecule has 0 N–H and O–H groups in total. The topological polar surface area (TPSA) is 38.7 Å². The number of carbonyl (C=O) groups excluding carboxylic acids is 1. The predicted molar refractivity (Wildman–Crippen MR) is 101 cm³/mol. The van der Waals surface area contributed by atoms with Crippen molar-refractivity contribution in [2.45, 2.75) is 115 Å². The lowest BCUT2D eigenvalue weighted by molar-refractivity contribution is -0.148. The fraction of sp³-hybridized carbons (Fsp3) is 0.905. The summed E-state index contributed by atoms with van der Waals surface area (Å²) in [6.45, 7) is 3.15. The minimum atomic E-state index is -0.298. The Morgan fingerprint density at radius 3 is 2.08 bits per heavy atom.